The van der Waals surface area contributed by atoms with E-state index in [9.17, 15) is 13.2 Å². The van der Waals surface area contributed by atoms with Gasteiger partial charge >= 0.3 is 6.18 Å². The van der Waals surface area contributed by atoms with E-state index in [1.54, 1.807) is 12.1 Å². The van der Waals surface area contributed by atoms with Crippen LogP contribution in [0.1, 0.15) is 11.1 Å². The number of halogens is 7. The predicted molar refractivity (Wildman–Crippen MR) is 84.5 cm³/mol. The van der Waals surface area contributed by atoms with E-state index in [1.165, 1.54) is 6.07 Å². The van der Waals surface area contributed by atoms with Crippen molar-refractivity contribution in [2.75, 3.05) is 0 Å². The van der Waals surface area contributed by atoms with E-state index in [4.69, 9.17) is 34.8 Å². The first-order valence-corrected chi connectivity index (χ1v) is 7.90. The quantitative estimate of drug-likeness (QED) is 0.357. The Kier molecular flexibility index (Phi) is 5.14. The fraction of sp³-hybridized carbons (Fsp3) is 0.143. The second-order valence-electron chi connectivity index (χ2n) is 4.26. The zero-order valence-corrected chi connectivity index (χ0v) is 14.1. The van der Waals surface area contributed by atoms with Crippen LogP contribution >= 0.6 is 50.7 Å². The second kappa shape index (κ2) is 6.37. The Labute approximate surface area is 142 Å². The van der Waals surface area contributed by atoms with Gasteiger partial charge in [0.15, 0.2) is 0 Å². The van der Waals surface area contributed by atoms with Gasteiger partial charge in [-0.3, -0.25) is 0 Å². The molecule has 0 heterocycles. The smallest absolute Gasteiger partial charge is 0.166 e. The third kappa shape index (κ3) is 3.67. The molecule has 2 rings (SSSR count). The number of alkyl halides is 4. The molecule has 0 aromatic heterocycles. The Morgan fingerprint density at radius 1 is 0.952 bits per heavy atom. The maximum Gasteiger partial charge on any atom is 0.416 e. The van der Waals surface area contributed by atoms with Crippen molar-refractivity contribution >= 4 is 50.7 Å². The summed E-state index contributed by atoms with van der Waals surface area (Å²) in [5, 5.41) is 0.984. The first kappa shape index (κ1) is 16.9. The summed E-state index contributed by atoms with van der Waals surface area (Å²) >= 11 is 21.0. The van der Waals surface area contributed by atoms with Crippen LogP contribution in [0.2, 0.25) is 15.1 Å². The van der Waals surface area contributed by atoms with Crippen LogP contribution in [0.15, 0.2) is 30.3 Å². The van der Waals surface area contributed by atoms with Crippen molar-refractivity contribution in [3.05, 3.63) is 56.5 Å². The lowest BCUT2D eigenvalue weighted by Gasteiger charge is -2.13. The van der Waals surface area contributed by atoms with Crippen molar-refractivity contribution in [3.8, 4) is 11.1 Å². The number of benzene rings is 2. The molecule has 0 amide bonds. The minimum Gasteiger partial charge on any atom is -0.166 e. The fourth-order valence-corrected chi connectivity index (χ4v) is 2.93. The van der Waals surface area contributed by atoms with Gasteiger partial charge in [0, 0.05) is 5.33 Å². The molecule has 0 fully saturated rings. The first-order chi connectivity index (χ1) is 9.74. The van der Waals surface area contributed by atoms with Gasteiger partial charge in [0.25, 0.3) is 0 Å². The van der Waals surface area contributed by atoms with Gasteiger partial charge in [-0.05, 0) is 41.0 Å². The highest BCUT2D eigenvalue weighted by Gasteiger charge is 2.31. The van der Waals surface area contributed by atoms with Gasteiger partial charge < -0.3 is 0 Å². The molecule has 0 saturated heterocycles. The minimum atomic E-state index is -4.38. The second-order valence-corrected chi connectivity index (χ2v) is 6.01. The Balaban J connectivity index is 2.59. The summed E-state index contributed by atoms with van der Waals surface area (Å²) in [6.45, 7) is 0. The lowest BCUT2D eigenvalue weighted by atomic mass is 9.98. The molecule has 0 saturated carbocycles. The summed E-state index contributed by atoms with van der Waals surface area (Å²) in [6.07, 6.45) is -4.38. The standard InChI is InChI=1S/C14H7BrCl3F3/c15-6-8-3-9(14(19,20)21)1-2-10(8)7-4-11(16)13(18)12(17)5-7/h1-5H,6H2. The molecule has 0 N–H and O–H groups in total. The van der Waals surface area contributed by atoms with Crippen LogP contribution in [0, 0.1) is 0 Å². The van der Waals surface area contributed by atoms with E-state index in [-0.39, 0.29) is 20.4 Å². The van der Waals surface area contributed by atoms with Gasteiger partial charge in [-0.2, -0.15) is 13.2 Å². The largest absolute Gasteiger partial charge is 0.416 e. The Hall–Kier alpha value is -0.420. The van der Waals surface area contributed by atoms with Gasteiger partial charge in [0.05, 0.1) is 20.6 Å². The van der Waals surface area contributed by atoms with Crippen molar-refractivity contribution in [1.82, 2.24) is 0 Å². The summed E-state index contributed by atoms with van der Waals surface area (Å²) in [7, 11) is 0. The van der Waals surface area contributed by atoms with Crippen molar-refractivity contribution in [3.63, 3.8) is 0 Å². The molecule has 2 aromatic rings. The predicted octanol–water partition coefficient (Wildman–Crippen LogP) is 7.23. The molecule has 0 aliphatic heterocycles. The molecule has 112 valence electrons. The average Bonchev–Trinajstić information content (AvgIpc) is 2.42. The van der Waals surface area contributed by atoms with Gasteiger partial charge in [-0.1, -0.05) is 56.8 Å². The van der Waals surface area contributed by atoms with E-state index < -0.39 is 11.7 Å². The summed E-state index contributed by atoms with van der Waals surface area (Å²) in [4.78, 5) is 0. The van der Waals surface area contributed by atoms with Crippen LogP contribution in [0.5, 0.6) is 0 Å². The molecule has 0 bridgehead atoms. The highest BCUT2D eigenvalue weighted by atomic mass is 79.9. The van der Waals surface area contributed by atoms with Crippen LogP contribution in [-0.2, 0) is 11.5 Å². The fourth-order valence-electron chi connectivity index (χ4n) is 1.87. The molecule has 0 radical (unpaired) electrons. The lowest BCUT2D eigenvalue weighted by Crippen LogP contribution is -2.05. The molecule has 0 atom stereocenters. The SMILES string of the molecule is FC(F)(F)c1ccc(-c2cc(Cl)c(Cl)c(Cl)c2)c(CBr)c1. The van der Waals surface area contributed by atoms with Crippen molar-refractivity contribution in [2.45, 2.75) is 11.5 Å². The van der Waals surface area contributed by atoms with E-state index in [0.29, 0.717) is 16.7 Å². The van der Waals surface area contributed by atoms with Crippen LogP contribution in [0.25, 0.3) is 11.1 Å². The lowest BCUT2D eigenvalue weighted by molar-refractivity contribution is -0.137. The summed E-state index contributed by atoms with van der Waals surface area (Å²) in [6, 6.07) is 6.67. The van der Waals surface area contributed by atoms with Gasteiger partial charge in [0.1, 0.15) is 0 Å². The third-order valence-corrected chi connectivity index (χ3v) is 4.67. The molecule has 0 unspecified atom stereocenters. The Bertz CT molecular complexity index is 661. The Morgan fingerprint density at radius 2 is 1.52 bits per heavy atom. The molecule has 0 aliphatic carbocycles. The summed E-state index contributed by atoms with van der Waals surface area (Å²) < 4.78 is 38.2. The van der Waals surface area contributed by atoms with Crippen molar-refractivity contribution in [1.29, 1.82) is 0 Å². The maximum atomic E-state index is 12.7. The number of hydrogen-bond donors (Lipinski definition) is 0. The van der Waals surface area contributed by atoms with Crippen LogP contribution in [0.3, 0.4) is 0 Å². The van der Waals surface area contributed by atoms with E-state index in [0.717, 1.165) is 12.1 Å². The van der Waals surface area contributed by atoms with Crippen LogP contribution in [-0.4, -0.2) is 0 Å². The topological polar surface area (TPSA) is 0 Å². The number of hydrogen-bond acceptors (Lipinski definition) is 0. The molecule has 7 heteroatoms. The summed E-state index contributed by atoms with van der Waals surface area (Å²) in [5.41, 5.74) is 1.00. The molecular formula is C14H7BrCl3F3. The average molecular weight is 418 g/mol. The van der Waals surface area contributed by atoms with Gasteiger partial charge in [-0.15, -0.1) is 0 Å². The van der Waals surface area contributed by atoms with E-state index >= 15 is 0 Å². The highest BCUT2D eigenvalue weighted by molar-refractivity contribution is 9.08. The molecule has 0 aliphatic rings. The number of rotatable bonds is 2. The molecule has 0 spiro atoms. The van der Waals surface area contributed by atoms with Crippen molar-refractivity contribution < 1.29 is 13.2 Å². The monoisotopic (exact) mass is 416 g/mol. The zero-order chi connectivity index (χ0) is 15.8. The normalized spacial score (nSPS) is 11.8. The van der Waals surface area contributed by atoms with E-state index in [1.807, 2.05) is 0 Å². The third-order valence-electron chi connectivity index (χ3n) is 2.87. The van der Waals surface area contributed by atoms with Crippen LogP contribution in [0.4, 0.5) is 13.2 Å². The van der Waals surface area contributed by atoms with Crippen molar-refractivity contribution in [2.24, 2.45) is 0 Å². The first-order valence-electron chi connectivity index (χ1n) is 5.65. The molecule has 2 aromatic carbocycles. The molecule has 0 nitrogen and oxygen atoms in total. The zero-order valence-electron chi connectivity index (χ0n) is 10.2. The van der Waals surface area contributed by atoms with Gasteiger partial charge in [0.2, 0.25) is 0 Å². The van der Waals surface area contributed by atoms with E-state index in [2.05, 4.69) is 15.9 Å². The van der Waals surface area contributed by atoms with Crippen LogP contribution < -0.4 is 0 Å². The molecular weight excluding hydrogens is 411 g/mol. The minimum absolute atomic E-state index is 0.217. The summed E-state index contributed by atoms with van der Waals surface area (Å²) in [5.74, 6) is 0. The Morgan fingerprint density at radius 3 is 2.00 bits per heavy atom. The highest BCUT2D eigenvalue weighted by Crippen LogP contribution is 2.38. The molecule has 21 heavy (non-hydrogen) atoms. The maximum absolute atomic E-state index is 12.7. The van der Waals surface area contributed by atoms with Gasteiger partial charge in [-0.25, -0.2) is 0 Å².